The van der Waals surface area contributed by atoms with E-state index in [-0.39, 0.29) is 19.1 Å². The number of nitrogens with one attached hydrogen (secondary N) is 2. The minimum atomic E-state index is -0.596. The number of carbonyl (C=O) groups is 2. The molecule has 0 aliphatic rings. The predicted molar refractivity (Wildman–Crippen MR) is 121 cm³/mol. The normalized spacial score (nSPS) is 12.8. The van der Waals surface area contributed by atoms with Crippen molar-refractivity contribution in [2.75, 3.05) is 18.5 Å². The van der Waals surface area contributed by atoms with Crippen molar-refractivity contribution in [3.63, 3.8) is 0 Å². The highest BCUT2D eigenvalue weighted by Gasteiger charge is 2.23. The third-order valence-electron chi connectivity index (χ3n) is 4.79. The van der Waals surface area contributed by atoms with E-state index in [1.54, 1.807) is 35.8 Å². The van der Waals surface area contributed by atoms with E-state index in [2.05, 4.69) is 5.32 Å². The fraction of sp³-hybridized carbons (Fsp3) is 0.333. The van der Waals surface area contributed by atoms with E-state index < -0.39 is 18.1 Å². The number of ether oxygens (including phenoxy) is 2. The van der Waals surface area contributed by atoms with Crippen molar-refractivity contribution < 1.29 is 29.4 Å². The molecule has 2 atom stereocenters. The molecule has 0 bridgehead atoms. The van der Waals surface area contributed by atoms with Gasteiger partial charge in [0.1, 0.15) is 18.5 Å². The molecule has 0 aromatic heterocycles. The van der Waals surface area contributed by atoms with Crippen LogP contribution in [-0.4, -0.2) is 35.5 Å². The maximum Gasteiger partial charge on any atom is 0.412 e. The number of hydrogen-bond acceptors (Lipinski definition) is 6. The fourth-order valence-corrected chi connectivity index (χ4v) is 3.07. The highest BCUT2D eigenvalue weighted by atomic mass is 16.6. The molecule has 0 saturated carbocycles. The quantitative estimate of drug-likeness (QED) is 0.236. The summed E-state index contributed by atoms with van der Waals surface area (Å²) in [5.41, 5.74) is 4.06. The van der Waals surface area contributed by atoms with Crippen LogP contribution in [0.2, 0.25) is 0 Å². The fourth-order valence-electron chi connectivity index (χ4n) is 3.07. The first-order valence-corrected chi connectivity index (χ1v) is 10.4. The van der Waals surface area contributed by atoms with E-state index in [0.717, 1.165) is 11.1 Å². The number of hydroxylamine groups is 1. The molecule has 172 valence electrons. The molecule has 0 spiro atoms. The maximum absolute atomic E-state index is 12.6. The first-order chi connectivity index (χ1) is 15.4. The van der Waals surface area contributed by atoms with Crippen LogP contribution in [0.1, 0.15) is 37.0 Å². The summed E-state index contributed by atoms with van der Waals surface area (Å²) >= 11 is 0. The monoisotopic (exact) mass is 442 g/mol. The zero-order valence-corrected chi connectivity index (χ0v) is 18.3. The maximum atomic E-state index is 12.6. The molecule has 2 rings (SSSR count). The van der Waals surface area contributed by atoms with Crippen molar-refractivity contribution >= 4 is 17.7 Å². The number of allylic oxidation sites excluding steroid dienone is 1. The van der Waals surface area contributed by atoms with Crippen LogP contribution in [0.25, 0.3) is 0 Å². The van der Waals surface area contributed by atoms with Gasteiger partial charge in [-0.3, -0.25) is 15.3 Å². The Morgan fingerprint density at radius 1 is 1.09 bits per heavy atom. The van der Waals surface area contributed by atoms with Crippen LogP contribution in [0.4, 0.5) is 10.5 Å². The molecule has 8 nitrogen and oxygen atoms in total. The number of aliphatic hydroxyl groups excluding tert-OH is 1. The Morgan fingerprint density at radius 3 is 2.41 bits per heavy atom. The number of rotatable bonds is 11. The molecular weight excluding hydrogens is 412 g/mol. The minimum absolute atomic E-state index is 0.0650. The summed E-state index contributed by atoms with van der Waals surface area (Å²) in [4.78, 5) is 23.7. The molecular formula is C24H30N2O6. The standard InChI is InChI=1S/C24H30N2O6/c1-17-7-11-20(12-8-17)25-24(29)32-23(18(2)5-3-4-6-22(28)26-30)19-9-13-21(14-10-19)31-16-15-27/h4,6-14,18,23,27,30H,3,5,15-16H2,1-2H3,(H,25,29)(H,26,28)/b6-4+/t18-,23-/m0/s1. The number of aryl methyl sites for hydroxylation is 1. The Bertz CT molecular complexity index is 880. The van der Waals surface area contributed by atoms with Crippen LogP contribution in [0, 0.1) is 12.8 Å². The summed E-state index contributed by atoms with van der Waals surface area (Å²) in [6.07, 6.45) is 3.00. The molecule has 0 saturated heterocycles. The molecule has 0 radical (unpaired) electrons. The molecule has 0 heterocycles. The molecule has 2 aromatic rings. The minimum Gasteiger partial charge on any atom is -0.491 e. The molecule has 32 heavy (non-hydrogen) atoms. The Hall–Kier alpha value is -3.36. The Kier molecular flexibility index (Phi) is 10.2. The molecule has 0 aliphatic carbocycles. The summed E-state index contributed by atoms with van der Waals surface area (Å²) in [6, 6.07) is 14.6. The SMILES string of the molecule is Cc1ccc(NC(=O)O[C@H](c2ccc(OCCO)cc2)[C@@H](C)CC/C=C/C(=O)NO)cc1. The lowest BCUT2D eigenvalue weighted by atomic mass is 9.93. The smallest absolute Gasteiger partial charge is 0.412 e. The first-order valence-electron chi connectivity index (χ1n) is 10.4. The van der Waals surface area contributed by atoms with Crippen molar-refractivity contribution in [2.45, 2.75) is 32.8 Å². The average Bonchev–Trinajstić information content (AvgIpc) is 2.80. The van der Waals surface area contributed by atoms with Crippen molar-refractivity contribution in [2.24, 2.45) is 5.92 Å². The summed E-state index contributed by atoms with van der Waals surface area (Å²) < 4.78 is 11.2. The van der Waals surface area contributed by atoms with Crippen molar-refractivity contribution in [1.29, 1.82) is 0 Å². The van der Waals surface area contributed by atoms with Gasteiger partial charge in [-0.1, -0.05) is 42.8 Å². The molecule has 8 heteroatoms. The van der Waals surface area contributed by atoms with Gasteiger partial charge < -0.3 is 14.6 Å². The van der Waals surface area contributed by atoms with Gasteiger partial charge in [0.05, 0.1) is 6.61 Å². The second-order valence-corrected chi connectivity index (χ2v) is 7.39. The molecule has 0 fully saturated rings. The van der Waals surface area contributed by atoms with Crippen LogP contribution in [0.3, 0.4) is 0 Å². The van der Waals surface area contributed by atoms with Crippen molar-refractivity contribution in [1.82, 2.24) is 5.48 Å². The van der Waals surface area contributed by atoms with Crippen LogP contribution in [-0.2, 0) is 9.53 Å². The van der Waals surface area contributed by atoms with Crippen molar-refractivity contribution in [3.05, 3.63) is 71.8 Å². The van der Waals surface area contributed by atoms with E-state index in [1.165, 1.54) is 6.08 Å². The number of amides is 2. The van der Waals surface area contributed by atoms with Gasteiger partial charge >= 0.3 is 6.09 Å². The van der Waals surface area contributed by atoms with E-state index in [4.69, 9.17) is 19.8 Å². The number of benzene rings is 2. The molecule has 2 aromatic carbocycles. The lowest BCUT2D eigenvalue weighted by molar-refractivity contribution is -0.124. The summed E-state index contributed by atoms with van der Waals surface area (Å²) in [6.45, 7) is 4.04. The van der Waals surface area contributed by atoms with Gasteiger partial charge in [-0.25, -0.2) is 10.3 Å². The van der Waals surface area contributed by atoms with Gasteiger partial charge in [0.15, 0.2) is 0 Å². The highest BCUT2D eigenvalue weighted by molar-refractivity contribution is 5.86. The van der Waals surface area contributed by atoms with Gasteiger partial charge in [-0.2, -0.15) is 0 Å². The Morgan fingerprint density at radius 2 is 1.78 bits per heavy atom. The second kappa shape index (κ2) is 13.1. The largest absolute Gasteiger partial charge is 0.491 e. The summed E-state index contributed by atoms with van der Waals surface area (Å²) in [5.74, 6) is -0.0533. The molecule has 2 amide bonds. The zero-order chi connectivity index (χ0) is 23.3. The van der Waals surface area contributed by atoms with E-state index in [9.17, 15) is 9.59 Å². The van der Waals surface area contributed by atoms with Crippen LogP contribution in [0.5, 0.6) is 5.75 Å². The van der Waals surface area contributed by atoms with Gasteiger partial charge in [0.2, 0.25) is 0 Å². The Labute approximate surface area is 187 Å². The van der Waals surface area contributed by atoms with Gasteiger partial charge in [0, 0.05) is 11.8 Å². The van der Waals surface area contributed by atoms with E-state index >= 15 is 0 Å². The van der Waals surface area contributed by atoms with Crippen molar-refractivity contribution in [3.8, 4) is 5.75 Å². The van der Waals surface area contributed by atoms with Crippen LogP contribution in [0.15, 0.2) is 60.7 Å². The molecule has 0 unspecified atom stereocenters. The third-order valence-corrected chi connectivity index (χ3v) is 4.79. The van der Waals surface area contributed by atoms with Crippen LogP contribution < -0.4 is 15.5 Å². The zero-order valence-electron chi connectivity index (χ0n) is 18.3. The predicted octanol–water partition coefficient (Wildman–Crippen LogP) is 4.13. The van der Waals surface area contributed by atoms with E-state index in [0.29, 0.717) is 24.3 Å². The van der Waals surface area contributed by atoms with Crippen LogP contribution >= 0.6 is 0 Å². The second-order valence-electron chi connectivity index (χ2n) is 7.39. The summed E-state index contributed by atoms with van der Waals surface area (Å²) in [5, 5.41) is 20.2. The highest BCUT2D eigenvalue weighted by Crippen LogP contribution is 2.31. The number of hydrogen-bond donors (Lipinski definition) is 4. The van der Waals surface area contributed by atoms with Gasteiger partial charge in [-0.05, 0) is 55.5 Å². The summed E-state index contributed by atoms with van der Waals surface area (Å²) in [7, 11) is 0. The topological polar surface area (TPSA) is 117 Å². The first kappa shape index (κ1) is 24.9. The number of aliphatic hydroxyl groups is 1. The molecule has 0 aliphatic heterocycles. The lowest BCUT2D eigenvalue weighted by Crippen LogP contribution is -2.22. The Balaban J connectivity index is 2.10. The van der Waals surface area contributed by atoms with Gasteiger partial charge in [0.25, 0.3) is 5.91 Å². The number of carbonyl (C=O) groups excluding carboxylic acids is 2. The molecule has 4 N–H and O–H groups in total. The lowest BCUT2D eigenvalue weighted by Gasteiger charge is -2.25. The number of anilines is 1. The average molecular weight is 443 g/mol. The van der Waals surface area contributed by atoms with E-state index in [1.807, 2.05) is 38.1 Å². The third kappa shape index (κ3) is 8.41. The van der Waals surface area contributed by atoms with Gasteiger partial charge in [-0.15, -0.1) is 0 Å².